The lowest BCUT2D eigenvalue weighted by molar-refractivity contribution is -0.0441. The highest BCUT2D eigenvalue weighted by Crippen LogP contribution is 2.33. The average molecular weight is 324 g/mol. The van der Waals surface area contributed by atoms with Gasteiger partial charge in [0.2, 0.25) is 0 Å². The molecule has 2 aliphatic rings. The Balaban J connectivity index is 1.57. The molecule has 5 nitrogen and oxygen atoms in total. The molecule has 24 heavy (non-hydrogen) atoms. The first kappa shape index (κ1) is 15.3. The van der Waals surface area contributed by atoms with Gasteiger partial charge in [-0.15, -0.1) is 0 Å². The Morgan fingerprint density at radius 1 is 1.08 bits per heavy atom. The SMILES string of the molecule is O=C(c1cccc(C2OCCO2)c1)N1CCCC1c1ccncc1. The van der Waals surface area contributed by atoms with Gasteiger partial charge in [-0.3, -0.25) is 9.78 Å². The number of aromatic nitrogens is 1. The van der Waals surface area contributed by atoms with Crippen molar-refractivity contribution in [3.8, 4) is 0 Å². The molecular weight excluding hydrogens is 304 g/mol. The summed E-state index contributed by atoms with van der Waals surface area (Å²) in [7, 11) is 0. The van der Waals surface area contributed by atoms with Crippen LogP contribution in [0.1, 0.15) is 46.7 Å². The number of nitrogens with zero attached hydrogens (tertiary/aromatic N) is 2. The van der Waals surface area contributed by atoms with Crippen molar-refractivity contribution in [3.63, 3.8) is 0 Å². The summed E-state index contributed by atoms with van der Waals surface area (Å²) in [5.41, 5.74) is 2.74. The van der Waals surface area contributed by atoms with Crippen LogP contribution in [0.4, 0.5) is 0 Å². The molecule has 5 heteroatoms. The highest BCUT2D eigenvalue weighted by molar-refractivity contribution is 5.94. The molecule has 4 rings (SSSR count). The molecule has 2 aliphatic heterocycles. The number of hydrogen-bond donors (Lipinski definition) is 0. The van der Waals surface area contributed by atoms with E-state index in [1.807, 2.05) is 41.3 Å². The van der Waals surface area contributed by atoms with Crippen molar-refractivity contribution in [1.82, 2.24) is 9.88 Å². The van der Waals surface area contributed by atoms with Gasteiger partial charge in [-0.1, -0.05) is 12.1 Å². The van der Waals surface area contributed by atoms with E-state index in [4.69, 9.17) is 9.47 Å². The molecule has 2 saturated heterocycles. The number of carbonyl (C=O) groups excluding carboxylic acids is 1. The van der Waals surface area contributed by atoms with Gasteiger partial charge in [0, 0.05) is 30.1 Å². The van der Waals surface area contributed by atoms with Gasteiger partial charge in [0.1, 0.15) is 0 Å². The van der Waals surface area contributed by atoms with E-state index in [2.05, 4.69) is 4.98 Å². The Hall–Kier alpha value is -2.24. The zero-order valence-electron chi connectivity index (χ0n) is 13.4. The van der Waals surface area contributed by atoms with Gasteiger partial charge in [0.05, 0.1) is 19.3 Å². The molecule has 3 heterocycles. The molecular formula is C19H20N2O3. The second kappa shape index (κ2) is 6.71. The van der Waals surface area contributed by atoms with Crippen LogP contribution in [0.5, 0.6) is 0 Å². The summed E-state index contributed by atoms with van der Waals surface area (Å²) in [5, 5.41) is 0. The van der Waals surface area contributed by atoms with E-state index in [9.17, 15) is 4.79 Å². The third kappa shape index (κ3) is 2.92. The fourth-order valence-electron chi connectivity index (χ4n) is 3.48. The highest BCUT2D eigenvalue weighted by atomic mass is 16.7. The minimum absolute atomic E-state index is 0.0640. The lowest BCUT2D eigenvalue weighted by atomic mass is 10.0. The van der Waals surface area contributed by atoms with Crippen LogP contribution in [0.3, 0.4) is 0 Å². The van der Waals surface area contributed by atoms with E-state index in [0.29, 0.717) is 18.8 Å². The molecule has 1 amide bonds. The average Bonchev–Trinajstić information content (AvgIpc) is 3.34. The minimum Gasteiger partial charge on any atom is -0.346 e. The lowest BCUT2D eigenvalue weighted by Gasteiger charge is -2.25. The van der Waals surface area contributed by atoms with Crippen LogP contribution in [0, 0.1) is 0 Å². The standard InChI is InChI=1S/C19H20N2O3/c22-18(15-3-1-4-16(13-15)19-23-11-12-24-19)21-10-2-5-17(21)14-6-8-20-9-7-14/h1,3-4,6-9,13,17,19H,2,5,10-12H2. The number of hydrogen-bond acceptors (Lipinski definition) is 4. The summed E-state index contributed by atoms with van der Waals surface area (Å²) in [6.07, 6.45) is 5.22. The maximum atomic E-state index is 13.0. The predicted molar refractivity (Wildman–Crippen MR) is 88.3 cm³/mol. The van der Waals surface area contributed by atoms with Crippen LogP contribution in [-0.2, 0) is 9.47 Å². The third-order valence-electron chi connectivity index (χ3n) is 4.63. The highest BCUT2D eigenvalue weighted by Gasteiger charge is 2.31. The Bertz CT molecular complexity index is 714. The fraction of sp³-hybridized carbons (Fsp3) is 0.368. The Morgan fingerprint density at radius 2 is 1.88 bits per heavy atom. The molecule has 0 N–H and O–H groups in total. The van der Waals surface area contributed by atoms with Crippen molar-refractivity contribution in [2.45, 2.75) is 25.2 Å². The fourth-order valence-corrected chi connectivity index (χ4v) is 3.48. The van der Waals surface area contributed by atoms with Crippen molar-refractivity contribution in [2.75, 3.05) is 19.8 Å². The van der Waals surface area contributed by atoms with Crippen LogP contribution in [0.15, 0.2) is 48.8 Å². The van der Waals surface area contributed by atoms with Crippen LogP contribution in [0.25, 0.3) is 0 Å². The van der Waals surface area contributed by atoms with E-state index in [0.717, 1.165) is 30.5 Å². The monoisotopic (exact) mass is 324 g/mol. The molecule has 2 fully saturated rings. The largest absolute Gasteiger partial charge is 0.346 e. The summed E-state index contributed by atoms with van der Waals surface area (Å²) in [6, 6.07) is 11.7. The smallest absolute Gasteiger partial charge is 0.254 e. The molecule has 0 saturated carbocycles. The van der Waals surface area contributed by atoms with Gasteiger partial charge < -0.3 is 14.4 Å². The van der Waals surface area contributed by atoms with Gasteiger partial charge in [-0.2, -0.15) is 0 Å². The Labute approximate surface area is 141 Å². The molecule has 1 unspecified atom stereocenters. The number of benzene rings is 1. The molecule has 0 spiro atoms. The minimum atomic E-state index is -0.354. The van der Waals surface area contributed by atoms with E-state index in [1.165, 1.54) is 0 Å². The van der Waals surface area contributed by atoms with Crippen molar-refractivity contribution in [2.24, 2.45) is 0 Å². The summed E-state index contributed by atoms with van der Waals surface area (Å²) < 4.78 is 11.1. The molecule has 1 aromatic carbocycles. The summed E-state index contributed by atoms with van der Waals surface area (Å²) in [6.45, 7) is 1.98. The van der Waals surface area contributed by atoms with Gasteiger partial charge in [-0.05, 0) is 42.7 Å². The first-order valence-corrected chi connectivity index (χ1v) is 8.37. The van der Waals surface area contributed by atoms with Gasteiger partial charge in [-0.25, -0.2) is 0 Å². The number of carbonyl (C=O) groups is 1. The first-order chi connectivity index (χ1) is 11.8. The van der Waals surface area contributed by atoms with Gasteiger partial charge in [0.25, 0.3) is 5.91 Å². The normalized spacial score (nSPS) is 21.3. The van der Waals surface area contributed by atoms with E-state index in [-0.39, 0.29) is 18.2 Å². The first-order valence-electron chi connectivity index (χ1n) is 8.37. The zero-order valence-corrected chi connectivity index (χ0v) is 13.4. The molecule has 2 aromatic rings. The van der Waals surface area contributed by atoms with E-state index in [1.54, 1.807) is 12.4 Å². The third-order valence-corrected chi connectivity index (χ3v) is 4.63. The predicted octanol–water partition coefficient (Wildman–Crippen LogP) is 3.10. The van der Waals surface area contributed by atoms with Crippen LogP contribution in [0.2, 0.25) is 0 Å². The molecule has 1 aromatic heterocycles. The summed E-state index contributed by atoms with van der Waals surface area (Å²) in [5.74, 6) is 0.0640. The number of pyridine rings is 1. The lowest BCUT2D eigenvalue weighted by Crippen LogP contribution is -2.30. The number of amides is 1. The molecule has 124 valence electrons. The zero-order chi connectivity index (χ0) is 16.4. The molecule has 0 bridgehead atoms. The maximum Gasteiger partial charge on any atom is 0.254 e. The second-order valence-corrected chi connectivity index (χ2v) is 6.14. The van der Waals surface area contributed by atoms with Crippen molar-refractivity contribution in [3.05, 3.63) is 65.5 Å². The van der Waals surface area contributed by atoms with Crippen LogP contribution >= 0.6 is 0 Å². The van der Waals surface area contributed by atoms with Crippen molar-refractivity contribution in [1.29, 1.82) is 0 Å². The second-order valence-electron chi connectivity index (χ2n) is 6.14. The number of ether oxygens (including phenoxy) is 2. The van der Waals surface area contributed by atoms with Crippen LogP contribution < -0.4 is 0 Å². The van der Waals surface area contributed by atoms with Crippen LogP contribution in [-0.4, -0.2) is 35.5 Å². The molecule has 0 radical (unpaired) electrons. The summed E-state index contributed by atoms with van der Waals surface area (Å²) in [4.78, 5) is 19.1. The topological polar surface area (TPSA) is 51.7 Å². The number of rotatable bonds is 3. The van der Waals surface area contributed by atoms with E-state index >= 15 is 0 Å². The molecule has 0 aliphatic carbocycles. The quantitative estimate of drug-likeness (QED) is 0.870. The maximum absolute atomic E-state index is 13.0. The van der Waals surface area contributed by atoms with Gasteiger partial charge >= 0.3 is 0 Å². The number of likely N-dealkylation sites (tertiary alicyclic amines) is 1. The Morgan fingerprint density at radius 3 is 2.67 bits per heavy atom. The van der Waals surface area contributed by atoms with Crippen molar-refractivity contribution < 1.29 is 14.3 Å². The van der Waals surface area contributed by atoms with Crippen molar-refractivity contribution >= 4 is 5.91 Å². The van der Waals surface area contributed by atoms with E-state index < -0.39 is 0 Å². The van der Waals surface area contributed by atoms with Gasteiger partial charge in [0.15, 0.2) is 6.29 Å². The summed E-state index contributed by atoms with van der Waals surface area (Å²) >= 11 is 0. The molecule has 1 atom stereocenters. The Kier molecular flexibility index (Phi) is 4.28.